The van der Waals surface area contributed by atoms with Crippen molar-refractivity contribution >= 4 is 21.5 Å². The molecular weight excluding hydrogens is 601 g/mol. The average Bonchev–Trinajstić information content (AvgIpc) is 3.18. The van der Waals surface area contributed by atoms with Crippen LogP contribution in [-0.4, -0.2) is 0 Å². The summed E-state index contributed by atoms with van der Waals surface area (Å²) in [6, 6.07) is 46.8. The van der Waals surface area contributed by atoms with Gasteiger partial charge < -0.3 is 0 Å². The molecule has 6 aromatic carbocycles. The van der Waals surface area contributed by atoms with E-state index in [2.05, 4.69) is 135 Å². The van der Waals surface area contributed by atoms with Crippen LogP contribution in [0, 0.1) is 11.8 Å². The van der Waals surface area contributed by atoms with Crippen LogP contribution in [0.1, 0.15) is 114 Å². The van der Waals surface area contributed by atoms with E-state index in [4.69, 9.17) is 0 Å². The van der Waals surface area contributed by atoms with Crippen LogP contribution in [0.15, 0.2) is 121 Å². The zero-order chi connectivity index (χ0) is 33.9. The van der Waals surface area contributed by atoms with Crippen molar-refractivity contribution in [2.45, 2.75) is 103 Å². The van der Waals surface area contributed by atoms with Crippen molar-refractivity contribution in [1.29, 1.82) is 0 Å². The summed E-state index contributed by atoms with van der Waals surface area (Å²) < 4.78 is 0. The van der Waals surface area contributed by atoms with E-state index < -0.39 is 0 Å². The van der Waals surface area contributed by atoms with Crippen LogP contribution < -0.4 is 0 Å². The molecule has 0 amide bonds. The van der Waals surface area contributed by atoms with E-state index in [1.165, 1.54) is 143 Å². The third-order valence-electron chi connectivity index (χ3n) is 12.6. The van der Waals surface area contributed by atoms with E-state index in [0.717, 1.165) is 23.7 Å². The molecule has 0 aromatic heterocycles. The van der Waals surface area contributed by atoms with Gasteiger partial charge in [0, 0.05) is 0 Å². The molecule has 0 heterocycles. The lowest BCUT2D eigenvalue weighted by atomic mass is 9.77. The van der Waals surface area contributed by atoms with Gasteiger partial charge in [-0.1, -0.05) is 149 Å². The molecule has 0 unspecified atom stereocenters. The number of benzene rings is 6. The molecule has 6 aromatic rings. The van der Waals surface area contributed by atoms with E-state index in [9.17, 15) is 0 Å². The predicted octanol–water partition coefficient (Wildman–Crippen LogP) is 15.1. The Morgan fingerprint density at radius 3 is 1.16 bits per heavy atom. The van der Waals surface area contributed by atoms with Crippen molar-refractivity contribution in [1.82, 2.24) is 0 Å². The molecule has 8 rings (SSSR count). The second-order valence-corrected chi connectivity index (χ2v) is 15.7. The lowest BCUT2D eigenvalue weighted by Gasteiger charge is -2.28. The fraction of sp³-hybridized carbons (Fsp3) is 0.360. The first-order valence-corrected chi connectivity index (χ1v) is 19.9. The summed E-state index contributed by atoms with van der Waals surface area (Å²) in [6.45, 7) is 4.66. The van der Waals surface area contributed by atoms with Crippen LogP contribution in [0.2, 0.25) is 0 Å². The molecule has 254 valence electrons. The molecule has 0 spiro atoms. The summed E-state index contributed by atoms with van der Waals surface area (Å²) in [4.78, 5) is 0. The first-order valence-electron chi connectivity index (χ1n) is 19.9. The van der Waals surface area contributed by atoms with E-state index >= 15 is 0 Å². The molecule has 0 radical (unpaired) electrons. The van der Waals surface area contributed by atoms with Gasteiger partial charge in [0.1, 0.15) is 0 Å². The number of fused-ring (bicyclic) bond motifs is 2. The third-order valence-corrected chi connectivity index (χ3v) is 12.6. The standard InChI is InChI=1S/C50H54/c1-3-7-35-13-17-37(18-14-35)39-21-25-41(26-22-39)45-31-29-43-9-5-11-47(49(43)33-45)48-12-6-10-44-30-32-46(34-50(44)48)42-27-23-40(24-28-42)38-19-15-36(8-4-2)16-20-38/h5-6,9-12,21-38H,3-4,7-8,13-20H2,1-2H3. The molecule has 0 atom stereocenters. The second-order valence-electron chi connectivity index (χ2n) is 15.7. The topological polar surface area (TPSA) is 0 Å². The van der Waals surface area contributed by atoms with E-state index in [0.29, 0.717) is 0 Å². The normalized spacial score (nSPS) is 21.1. The molecule has 0 bridgehead atoms. The van der Waals surface area contributed by atoms with Crippen molar-refractivity contribution in [2.75, 3.05) is 0 Å². The van der Waals surface area contributed by atoms with Gasteiger partial charge in [-0.2, -0.15) is 0 Å². The molecule has 2 fully saturated rings. The molecule has 50 heavy (non-hydrogen) atoms. The highest BCUT2D eigenvalue weighted by Gasteiger charge is 2.23. The number of rotatable bonds is 9. The Kier molecular flexibility index (Phi) is 9.89. The van der Waals surface area contributed by atoms with Crippen LogP contribution in [0.25, 0.3) is 54.9 Å². The quantitative estimate of drug-likeness (QED) is 0.146. The highest BCUT2D eigenvalue weighted by Crippen LogP contribution is 2.41. The van der Waals surface area contributed by atoms with E-state index in [-0.39, 0.29) is 0 Å². The average molecular weight is 655 g/mol. The molecule has 0 nitrogen and oxygen atoms in total. The van der Waals surface area contributed by atoms with Gasteiger partial charge in [0.2, 0.25) is 0 Å². The lowest BCUT2D eigenvalue weighted by Crippen LogP contribution is -2.13. The van der Waals surface area contributed by atoms with E-state index in [1.54, 1.807) is 0 Å². The molecule has 2 saturated carbocycles. The Labute approximate surface area is 301 Å². The van der Waals surface area contributed by atoms with Crippen LogP contribution in [0.5, 0.6) is 0 Å². The van der Waals surface area contributed by atoms with Crippen molar-refractivity contribution < 1.29 is 0 Å². The molecule has 0 N–H and O–H groups in total. The first-order chi connectivity index (χ1) is 24.7. The summed E-state index contributed by atoms with van der Waals surface area (Å²) in [6.07, 6.45) is 16.5. The Bertz CT molecular complexity index is 1880. The Hall–Kier alpha value is -4.16. The van der Waals surface area contributed by atoms with Gasteiger partial charge in [0.25, 0.3) is 0 Å². The van der Waals surface area contributed by atoms with Gasteiger partial charge in [-0.25, -0.2) is 0 Å². The third kappa shape index (κ3) is 6.92. The zero-order valence-corrected chi connectivity index (χ0v) is 30.3. The predicted molar refractivity (Wildman–Crippen MR) is 217 cm³/mol. The van der Waals surface area contributed by atoms with Crippen molar-refractivity contribution in [3.05, 3.63) is 132 Å². The maximum Gasteiger partial charge on any atom is -0.00990 e. The maximum atomic E-state index is 2.42. The summed E-state index contributed by atoms with van der Waals surface area (Å²) in [5.74, 6) is 3.36. The number of hydrogen-bond donors (Lipinski definition) is 0. The fourth-order valence-electron chi connectivity index (χ4n) is 9.66. The minimum atomic E-state index is 0.727. The van der Waals surface area contributed by atoms with Gasteiger partial charge in [-0.05, 0) is 153 Å². The summed E-state index contributed by atoms with van der Waals surface area (Å²) in [7, 11) is 0. The number of hydrogen-bond acceptors (Lipinski definition) is 0. The van der Waals surface area contributed by atoms with Gasteiger partial charge in [-0.15, -0.1) is 0 Å². The molecular formula is C50H54. The largest absolute Gasteiger partial charge is 0.0654 e. The molecule has 0 saturated heterocycles. The minimum absolute atomic E-state index is 0.727. The van der Waals surface area contributed by atoms with Crippen molar-refractivity contribution in [3.63, 3.8) is 0 Å². The Balaban J connectivity index is 1.07. The zero-order valence-electron chi connectivity index (χ0n) is 30.3. The SMILES string of the molecule is CCCC1CCC(c2ccc(-c3ccc4cccc(-c5cccc6ccc(-c7ccc(C8CCC(CCC)CC8)cc7)cc56)c4c3)cc2)CC1. The minimum Gasteiger partial charge on any atom is -0.0654 e. The highest BCUT2D eigenvalue weighted by atomic mass is 14.3. The van der Waals surface area contributed by atoms with Crippen LogP contribution in [0.3, 0.4) is 0 Å². The summed E-state index contributed by atoms with van der Waals surface area (Å²) >= 11 is 0. The maximum absolute atomic E-state index is 2.42. The van der Waals surface area contributed by atoms with Gasteiger partial charge >= 0.3 is 0 Å². The van der Waals surface area contributed by atoms with Crippen LogP contribution >= 0.6 is 0 Å². The smallest absolute Gasteiger partial charge is 0.00990 e. The van der Waals surface area contributed by atoms with Gasteiger partial charge in [-0.3, -0.25) is 0 Å². The lowest BCUT2D eigenvalue weighted by molar-refractivity contribution is 0.308. The fourth-order valence-corrected chi connectivity index (χ4v) is 9.66. The van der Waals surface area contributed by atoms with Gasteiger partial charge in [0.05, 0.1) is 0 Å². The molecule has 2 aliphatic rings. The van der Waals surface area contributed by atoms with Crippen LogP contribution in [0.4, 0.5) is 0 Å². The molecule has 0 heteroatoms. The Morgan fingerprint density at radius 2 is 0.780 bits per heavy atom. The Morgan fingerprint density at radius 1 is 0.400 bits per heavy atom. The molecule has 2 aliphatic carbocycles. The van der Waals surface area contributed by atoms with Crippen molar-refractivity contribution in [2.24, 2.45) is 11.8 Å². The van der Waals surface area contributed by atoms with Gasteiger partial charge in [0.15, 0.2) is 0 Å². The summed E-state index contributed by atoms with van der Waals surface area (Å²) in [5, 5.41) is 5.22. The monoisotopic (exact) mass is 654 g/mol. The van der Waals surface area contributed by atoms with Crippen LogP contribution in [-0.2, 0) is 0 Å². The van der Waals surface area contributed by atoms with Crippen molar-refractivity contribution in [3.8, 4) is 33.4 Å². The summed E-state index contributed by atoms with van der Waals surface area (Å²) in [5.41, 5.74) is 10.9. The first kappa shape index (κ1) is 33.0. The van der Waals surface area contributed by atoms with E-state index in [1.807, 2.05) is 0 Å². The second kappa shape index (κ2) is 15.0. The molecule has 0 aliphatic heterocycles. The highest BCUT2D eigenvalue weighted by molar-refractivity contribution is 6.07.